The summed E-state index contributed by atoms with van der Waals surface area (Å²) in [7, 11) is 0. The predicted octanol–water partition coefficient (Wildman–Crippen LogP) is 3.92. The summed E-state index contributed by atoms with van der Waals surface area (Å²) in [6, 6.07) is 18.2. The normalized spacial score (nSPS) is 11.8. The third kappa shape index (κ3) is 4.69. The lowest BCUT2D eigenvalue weighted by molar-refractivity contribution is 0.0940. The van der Waals surface area contributed by atoms with Crippen LogP contribution in [0, 0.1) is 6.92 Å². The molecular weight excluding hydrogens is 396 g/mol. The number of thiophene rings is 1. The number of carbonyl (C=O) groups is 1. The van der Waals surface area contributed by atoms with Gasteiger partial charge >= 0.3 is 0 Å². The zero-order valence-corrected chi connectivity index (χ0v) is 17.1. The number of benzene rings is 1. The summed E-state index contributed by atoms with van der Waals surface area (Å²) in [4.78, 5) is 38.2. The molecule has 0 aliphatic heterocycles. The Hall–Kier alpha value is -3.58. The molecular formula is C23H20N4O2S. The molecule has 0 aliphatic rings. The summed E-state index contributed by atoms with van der Waals surface area (Å²) >= 11 is 1.45. The second kappa shape index (κ2) is 8.84. The van der Waals surface area contributed by atoms with E-state index in [2.05, 4.69) is 20.3 Å². The molecule has 30 heavy (non-hydrogen) atoms. The highest BCUT2D eigenvalue weighted by molar-refractivity contribution is 7.13. The molecule has 0 radical (unpaired) electrons. The second-order valence-corrected chi connectivity index (χ2v) is 8.17. The van der Waals surface area contributed by atoms with Gasteiger partial charge in [0.1, 0.15) is 5.82 Å². The largest absolute Gasteiger partial charge is 0.344 e. The number of H-pyrrole nitrogens is 1. The first-order valence-corrected chi connectivity index (χ1v) is 10.3. The molecule has 1 amide bonds. The van der Waals surface area contributed by atoms with Crippen LogP contribution in [0.3, 0.4) is 0 Å². The Balaban J connectivity index is 1.64. The van der Waals surface area contributed by atoms with Crippen LogP contribution in [0.2, 0.25) is 0 Å². The van der Waals surface area contributed by atoms with Gasteiger partial charge < -0.3 is 10.3 Å². The number of aromatic amines is 1. The van der Waals surface area contributed by atoms with Crippen molar-refractivity contribution in [3.8, 4) is 11.4 Å². The predicted molar refractivity (Wildman–Crippen MR) is 117 cm³/mol. The highest BCUT2D eigenvalue weighted by atomic mass is 32.1. The number of carbonyl (C=O) groups excluding carboxylic acids is 1. The van der Waals surface area contributed by atoms with Gasteiger partial charge in [0.25, 0.3) is 11.5 Å². The maximum Gasteiger partial charge on any atom is 0.261 e. The number of aryl methyl sites for hydroxylation is 1. The van der Waals surface area contributed by atoms with Crippen LogP contribution in [0.15, 0.2) is 77.9 Å². The second-order valence-electron chi connectivity index (χ2n) is 6.88. The fourth-order valence-corrected chi connectivity index (χ4v) is 3.96. The summed E-state index contributed by atoms with van der Waals surface area (Å²) in [6.07, 6.45) is 3.70. The molecule has 7 heteroatoms. The van der Waals surface area contributed by atoms with Crippen LogP contribution in [0.5, 0.6) is 0 Å². The van der Waals surface area contributed by atoms with Crippen molar-refractivity contribution in [2.24, 2.45) is 0 Å². The number of nitrogens with zero attached hydrogens (tertiary/aromatic N) is 2. The highest BCUT2D eigenvalue weighted by Crippen LogP contribution is 2.21. The van der Waals surface area contributed by atoms with Gasteiger partial charge in [-0.3, -0.25) is 14.6 Å². The molecule has 0 aliphatic carbocycles. The molecule has 1 aromatic carbocycles. The maximum atomic E-state index is 12.8. The Kier molecular flexibility index (Phi) is 5.81. The van der Waals surface area contributed by atoms with Gasteiger partial charge in [-0.2, -0.15) is 0 Å². The molecule has 0 saturated heterocycles. The molecule has 0 saturated carbocycles. The minimum absolute atomic E-state index is 0.140. The lowest BCUT2D eigenvalue weighted by Gasteiger charge is -2.19. The number of pyridine rings is 1. The van der Waals surface area contributed by atoms with Gasteiger partial charge in [0.05, 0.1) is 16.6 Å². The van der Waals surface area contributed by atoms with Crippen molar-refractivity contribution in [1.82, 2.24) is 20.3 Å². The number of hydrogen-bond acceptors (Lipinski definition) is 5. The Bertz CT molecular complexity index is 1200. The topological polar surface area (TPSA) is 87.7 Å². The molecule has 4 rings (SSSR count). The van der Waals surface area contributed by atoms with Crippen LogP contribution in [0.1, 0.15) is 31.8 Å². The van der Waals surface area contributed by atoms with Crippen molar-refractivity contribution in [3.63, 3.8) is 0 Å². The lowest BCUT2D eigenvalue weighted by atomic mass is 10.0. The number of hydrogen-bond donors (Lipinski definition) is 2. The lowest BCUT2D eigenvalue weighted by Crippen LogP contribution is -2.30. The molecule has 2 N–H and O–H groups in total. The van der Waals surface area contributed by atoms with E-state index in [1.807, 2.05) is 55.5 Å². The molecule has 0 bridgehead atoms. The van der Waals surface area contributed by atoms with E-state index in [0.717, 1.165) is 16.0 Å². The molecule has 150 valence electrons. The Labute approximate surface area is 177 Å². The van der Waals surface area contributed by atoms with Gasteiger partial charge in [0, 0.05) is 35.3 Å². The monoisotopic (exact) mass is 416 g/mol. The SMILES string of the molecule is Cc1ccc(C(=O)N[C@H](Cc2cc(=O)[nH]c(-c3cccnc3)n2)c2ccccc2)s1. The fraction of sp³-hybridized carbons (Fsp3) is 0.130. The van der Waals surface area contributed by atoms with Crippen molar-refractivity contribution in [2.75, 3.05) is 0 Å². The first-order valence-electron chi connectivity index (χ1n) is 9.51. The van der Waals surface area contributed by atoms with Crippen molar-refractivity contribution in [2.45, 2.75) is 19.4 Å². The van der Waals surface area contributed by atoms with Gasteiger partial charge in [-0.05, 0) is 36.8 Å². The third-order valence-electron chi connectivity index (χ3n) is 4.61. The molecule has 3 aromatic heterocycles. The van der Waals surface area contributed by atoms with Crippen LogP contribution in [-0.4, -0.2) is 20.9 Å². The summed E-state index contributed by atoms with van der Waals surface area (Å²) in [5, 5.41) is 3.10. The molecule has 0 fully saturated rings. The van der Waals surface area contributed by atoms with Crippen molar-refractivity contribution in [3.05, 3.63) is 104 Å². The van der Waals surface area contributed by atoms with E-state index in [9.17, 15) is 9.59 Å². The van der Waals surface area contributed by atoms with Crippen LogP contribution >= 0.6 is 11.3 Å². The Morgan fingerprint density at radius 2 is 1.97 bits per heavy atom. The summed E-state index contributed by atoms with van der Waals surface area (Å²) in [5.41, 5.74) is 2.02. The summed E-state index contributed by atoms with van der Waals surface area (Å²) in [5.74, 6) is 0.317. The molecule has 3 heterocycles. The third-order valence-corrected chi connectivity index (χ3v) is 5.61. The van der Waals surface area contributed by atoms with Crippen molar-refractivity contribution >= 4 is 17.2 Å². The van der Waals surface area contributed by atoms with E-state index < -0.39 is 0 Å². The standard InChI is InChI=1S/C23H20N4O2S/c1-15-9-10-20(30-15)23(29)26-19(16-6-3-2-4-7-16)12-18-13-21(28)27-22(25-18)17-8-5-11-24-14-17/h2-11,13-14,19H,12H2,1H3,(H,26,29)(H,25,27,28)/t19-/m1/s1. The number of nitrogens with one attached hydrogen (secondary N) is 2. The molecule has 4 aromatic rings. The highest BCUT2D eigenvalue weighted by Gasteiger charge is 2.19. The van der Waals surface area contributed by atoms with Crippen LogP contribution in [0.4, 0.5) is 0 Å². The van der Waals surface area contributed by atoms with Gasteiger partial charge in [-0.1, -0.05) is 30.3 Å². The van der Waals surface area contributed by atoms with Crippen LogP contribution in [0.25, 0.3) is 11.4 Å². The Morgan fingerprint density at radius 1 is 1.13 bits per heavy atom. The summed E-state index contributed by atoms with van der Waals surface area (Å²) in [6.45, 7) is 1.97. The number of amides is 1. The fourth-order valence-electron chi connectivity index (χ4n) is 3.18. The smallest absolute Gasteiger partial charge is 0.261 e. The zero-order chi connectivity index (χ0) is 20.9. The van der Waals surface area contributed by atoms with Gasteiger partial charge in [0.2, 0.25) is 0 Å². The Morgan fingerprint density at radius 3 is 2.67 bits per heavy atom. The van der Waals surface area contributed by atoms with E-state index in [1.54, 1.807) is 18.5 Å². The van der Waals surface area contributed by atoms with Gasteiger partial charge in [0.15, 0.2) is 0 Å². The van der Waals surface area contributed by atoms with E-state index in [-0.39, 0.29) is 17.5 Å². The van der Waals surface area contributed by atoms with E-state index >= 15 is 0 Å². The average Bonchev–Trinajstić information content (AvgIpc) is 3.20. The molecule has 6 nitrogen and oxygen atoms in total. The zero-order valence-electron chi connectivity index (χ0n) is 16.3. The maximum absolute atomic E-state index is 12.8. The minimum atomic E-state index is -0.322. The van der Waals surface area contributed by atoms with Crippen molar-refractivity contribution < 1.29 is 4.79 Å². The van der Waals surface area contributed by atoms with Gasteiger partial charge in [-0.25, -0.2) is 4.98 Å². The quantitative estimate of drug-likeness (QED) is 0.499. The van der Waals surface area contributed by atoms with E-state index in [4.69, 9.17) is 0 Å². The minimum Gasteiger partial charge on any atom is -0.344 e. The van der Waals surface area contributed by atoms with E-state index in [1.165, 1.54) is 17.4 Å². The first-order chi connectivity index (χ1) is 14.6. The first kappa shape index (κ1) is 19.7. The van der Waals surface area contributed by atoms with Gasteiger partial charge in [-0.15, -0.1) is 11.3 Å². The molecule has 0 unspecified atom stereocenters. The molecule has 1 atom stereocenters. The van der Waals surface area contributed by atoms with Crippen molar-refractivity contribution in [1.29, 1.82) is 0 Å². The summed E-state index contributed by atoms with van der Waals surface area (Å²) < 4.78 is 0. The molecule has 0 spiro atoms. The van der Waals surface area contributed by atoms with Crippen LogP contribution in [-0.2, 0) is 6.42 Å². The van der Waals surface area contributed by atoms with E-state index in [0.29, 0.717) is 22.8 Å². The number of aromatic nitrogens is 3. The average molecular weight is 417 g/mol. The number of rotatable bonds is 6. The van der Waals surface area contributed by atoms with Crippen LogP contribution < -0.4 is 10.9 Å².